The molecular formula is C14H16BrClN2. The molecule has 2 aromatic rings. The van der Waals surface area contributed by atoms with E-state index in [1.54, 1.807) is 0 Å². The lowest BCUT2D eigenvalue weighted by molar-refractivity contribution is 0.653. The minimum atomic E-state index is 0.722. The van der Waals surface area contributed by atoms with Crippen LogP contribution in [0.15, 0.2) is 16.6 Å². The lowest BCUT2D eigenvalue weighted by Crippen LogP contribution is -2.17. The Morgan fingerprint density at radius 1 is 1.44 bits per heavy atom. The molecule has 1 saturated carbocycles. The van der Waals surface area contributed by atoms with Gasteiger partial charge in [0.05, 0.1) is 5.52 Å². The molecular weight excluding hydrogens is 312 g/mol. The molecule has 2 nitrogen and oxygen atoms in total. The van der Waals surface area contributed by atoms with E-state index in [0.717, 1.165) is 23.2 Å². The predicted octanol–water partition coefficient (Wildman–Crippen LogP) is 4.15. The average molecular weight is 328 g/mol. The average Bonchev–Trinajstić information content (AvgIpc) is 3.12. The minimum absolute atomic E-state index is 0.722. The summed E-state index contributed by atoms with van der Waals surface area (Å²) in [4.78, 5) is 0. The molecule has 0 atom stereocenters. The van der Waals surface area contributed by atoms with Crippen molar-refractivity contribution in [1.29, 1.82) is 0 Å². The first-order valence-electron chi connectivity index (χ1n) is 6.25. The number of halogens is 2. The fraction of sp³-hybridized carbons (Fsp3) is 0.429. The first-order chi connectivity index (χ1) is 8.59. The van der Waals surface area contributed by atoms with Crippen molar-refractivity contribution in [2.45, 2.75) is 32.4 Å². The Kier molecular flexibility index (Phi) is 3.16. The third-order valence-corrected chi connectivity index (χ3v) is 5.02. The van der Waals surface area contributed by atoms with Gasteiger partial charge in [-0.3, -0.25) is 0 Å². The van der Waals surface area contributed by atoms with Crippen molar-refractivity contribution in [3.8, 4) is 0 Å². The van der Waals surface area contributed by atoms with Crippen LogP contribution in [-0.4, -0.2) is 10.6 Å². The monoisotopic (exact) mass is 326 g/mol. The van der Waals surface area contributed by atoms with Crippen molar-refractivity contribution in [3.05, 3.63) is 32.9 Å². The molecule has 0 saturated heterocycles. The summed E-state index contributed by atoms with van der Waals surface area (Å²) in [5, 5.41) is 5.64. The number of rotatable bonds is 3. The third kappa shape index (κ3) is 1.98. The fourth-order valence-electron chi connectivity index (χ4n) is 2.45. The zero-order valence-corrected chi connectivity index (χ0v) is 12.9. The second-order valence-corrected chi connectivity index (χ2v) is 6.24. The van der Waals surface area contributed by atoms with E-state index in [0.29, 0.717) is 0 Å². The molecule has 1 aromatic carbocycles. The highest BCUT2D eigenvalue weighted by Gasteiger charge is 2.22. The summed E-state index contributed by atoms with van der Waals surface area (Å²) in [5.74, 6) is 0. The number of fused-ring (bicyclic) bond motifs is 1. The molecule has 3 rings (SSSR count). The predicted molar refractivity (Wildman–Crippen MR) is 80.2 cm³/mol. The van der Waals surface area contributed by atoms with E-state index in [9.17, 15) is 0 Å². The summed E-state index contributed by atoms with van der Waals surface area (Å²) < 4.78 is 3.43. The van der Waals surface area contributed by atoms with Crippen LogP contribution in [0.1, 0.15) is 24.1 Å². The number of hydrogen-bond acceptors (Lipinski definition) is 1. The molecule has 0 radical (unpaired) electrons. The van der Waals surface area contributed by atoms with Crippen molar-refractivity contribution in [3.63, 3.8) is 0 Å². The van der Waals surface area contributed by atoms with E-state index in [1.165, 1.54) is 33.9 Å². The Labute approximate surface area is 120 Å². The van der Waals surface area contributed by atoms with Gasteiger partial charge in [-0.05, 0) is 47.3 Å². The Balaban J connectivity index is 2.10. The van der Waals surface area contributed by atoms with Crippen molar-refractivity contribution >= 4 is 38.4 Å². The van der Waals surface area contributed by atoms with Crippen LogP contribution in [0.5, 0.6) is 0 Å². The van der Waals surface area contributed by atoms with Gasteiger partial charge in [-0.1, -0.05) is 17.7 Å². The molecule has 0 unspecified atom stereocenters. The number of hydrogen-bond donors (Lipinski definition) is 1. The van der Waals surface area contributed by atoms with E-state index < -0.39 is 0 Å². The van der Waals surface area contributed by atoms with Gasteiger partial charge < -0.3 is 9.88 Å². The lowest BCUT2D eigenvalue weighted by Gasteiger charge is -2.07. The maximum Gasteiger partial charge on any atom is 0.0536 e. The second-order valence-electron chi connectivity index (χ2n) is 5.04. The molecule has 96 valence electrons. The molecule has 0 spiro atoms. The van der Waals surface area contributed by atoms with Crippen LogP contribution in [-0.2, 0) is 13.6 Å². The van der Waals surface area contributed by atoms with Crippen LogP contribution in [0.25, 0.3) is 10.9 Å². The molecule has 1 fully saturated rings. The molecule has 0 amide bonds. The van der Waals surface area contributed by atoms with Crippen molar-refractivity contribution < 1.29 is 0 Å². The highest BCUT2D eigenvalue weighted by molar-refractivity contribution is 9.10. The molecule has 0 aliphatic heterocycles. The van der Waals surface area contributed by atoms with Gasteiger partial charge in [0.25, 0.3) is 0 Å². The quantitative estimate of drug-likeness (QED) is 0.896. The zero-order valence-electron chi connectivity index (χ0n) is 10.6. The van der Waals surface area contributed by atoms with E-state index in [1.807, 2.05) is 6.07 Å². The normalized spacial score (nSPS) is 15.6. The maximum absolute atomic E-state index is 6.21. The SMILES string of the molecule is Cc1c(Cl)ccc2c(Br)c(CNC3CC3)n(C)c12. The number of nitrogens with one attached hydrogen (secondary N) is 1. The number of aryl methyl sites for hydroxylation is 2. The Morgan fingerprint density at radius 3 is 2.83 bits per heavy atom. The van der Waals surface area contributed by atoms with E-state index >= 15 is 0 Å². The summed E-state index contributed by atoms with van der Waals surface area (Å²) in [6.07, 6.45) is 2.62. The van der Waals surface area contributed by atoms with Gasteiger partial charge >= 0.3 is 0 Å². The van der Waals surface area contributed by atoms with Crippen LogP contribution in [0.3, 0.4) is 0 Å². The molecule has 1 aromatic heterocycles. The molecule has 0 bridgehead atoms. The summed E-state index contributed by atoms with van der Waals surface area (Å²) in [6.45, 7) is 2.99. The van der Waals surface area contributed by atoms with Gasteiger partial charge in [-0.25, -0.2) is 0 Å². The van der Waals surface area contributed by atoms with E-state index in [-0.39, 0.29) is 0 Å². The van der Waals surface area contributed by atoms with Crippen LogP contribution < -0.4 is 5.32 Å². The number of nitrogens with zero attached hydrogens (tertiary/aromatic N) is 1. The zero-order chi connectivity index (χ0) is 12.9. The maximum atomic E-state index is 6.21. The van der Waals surface area contributed by atoms with Crippen molar-refractivity contribution in [2.75, 3.05) is 0 Å². The molecule has 4 heteroatoms. The number of benzene rings is 1. The molecule has 1 heterocycles. The molecule has 1 aliphatic rings. The Morgan fingerprint density at radius 2 is 2.17 bits per heavy atom. The topological polar surface area (TPSA) is 17.0 Å². The fourth-order valence-corrected chi connectivity index (χ4v) is 3.33. The van der Waals surface area contributed by atoms with Gasteiger partial charge in [-0.15, -0.1) is 0 Å². The smallest absolute Gasteiger partial charge is 0.0536 e. The standard InChI is InChI=1S/C14H16BrClN2/c1-8-11(16)6-5-10-13(15)12(18(2)14(8)10)7-17-9-3-4-9/h5-6,9,17H,3-4,7H2,1-2H3. The summed E-state index contributed by atoms with van der Waals surface area (Å²) in [5.41, 5.74) is 3.67. The minimum Gasteiger partial charge on any atom is -0.345 e. The first kappa shape index (κ1) is 12.5. The van der Waals surface area contributed by atoms with Gasteiger partial charge in [0.1, 0.15) is 0 Å². The van der Waals surface area contributed by atoms with Crippen LogP contribution in [0.2, 0.25) is 5.02 Å². The Hall–Kier alpha value is -0.510. The van der Waals surface area contributed by atoms with Gasteiger partial charge in [0.15, 0.2) is 0 Å². The van der Waals surface area contributed by atoms with Gasteiger partial charge in [0, 0.05) is 40.2 Å². The van der Waals surface area contributed by atoms with E-state index in [2.05, 4.69) is 45.9 Å². The highest BCUT2D eigenvalue weighted by atomic mass is 79.9. The third-order valence-electron chi connectivity index (χ3n) is 3.73. The largest absolute Gasteiger partial charge is 0.345 e. The van der Waals surface area contributed by atoms with Crippen LogP contribution in [0, 0.1) is 6.92 Å². The summed E-state index contributed by atoms with van der Waals surface area (Å²) in [6, 6.07) is 4.79. The molecule has 1 N–H and O–H groups in total. The van der Waals surface area contributed by atoms with Gasteiger partial charge in [0.2, 0.25) is 0 Å². The van der Waals surface area contributed by atoms with Crippen molar-refractivity contribution in [2.24, 2.45) is 7.05 Å². The Bertz CT molecular complexity index is 614. The first-order valence-corrected chi connectivity index (χ1v) is 7.42. The molecule has 1 aliphatic carbocycles. The van der Waals surface area contributed by atoms with Crippen molar-refractivity contribution in [1.82, 2.24) is 9.88 Å². The lowest BCUT2D eigenvalue weighted by atomic mass is 10.1. The van der Waals surface area contributed by atoms with E-state index in [4.69, 9.17) is 11.6 Å². The highest BCUT2D eigenvalue weighted by Crippen LogP contribution is 2.35. The second kappa shape index (κ2) is 4.55. The summed E-state index contributed by atoms with van der Waals surface area (Å²) in [7, 11) is 2.11. The van der Waals surface area contributed by atoms with Crippen LogP contribution >= 0.6 is 27.5 Å². The molecule has 18 heavy (non-hydrogen) atoms. The van der Waals surface area contributed by atoms with Gasteiger partial charge in [-0.2, -0.15) is 0 Å². The van der Waals surface area contributed by atoms with Crippen LogP contribution in [0.4, 0.5) is 0 Å². The summed E-state index contributed by atoms with van der Waals surface area (Å²) >= 11 is 9.94. The number of aromatic nitrogens is 1.